The summed E-state index contributed by atoms with van der Waals surface area (Å²) < 4.78 is 10.1. The lowest BCUT2D eigenvalue weighted by Gasteiger charge is -2.12. The molecule has 0 saturated carbocycles. The largest absolute Gasteiger partial charge is 0.377 e. The summed E-state index contributed by atoms with van der Waals surface area (Å²) in [7, 11) is 0. The van der Waals surface area contributed by atoms with E-state index in [0.717, 1.165) is 0 Å². The van der Waals surface area contributed by atoms with E-state index < -0.39 is 17.9 Å². The van der Waals surface area contributed by atoms with Gasteiger partial charge in [-0.15, -0.1) is 0 Å². The number of Topliss-reactive ketones (excluding diaryl/α,β-unsaturated/α-hetero) is 1. The fourth-order valence-corrected chi connectivity index (χ4v) is 1.41. The molecule has 0 aliphatic heterocycles. The Balaban J connectivity index is 3.53. The highest BCUT2D eigenvalue weighted by atomic mass is 16.5. The second kappa shape index (κ2) is 12.4. The zero-order chi connectivity index (χ0) is 16.1. The summed E-state index contributed by atoms with van der Waals surface area (Å²) in [6.45, 7) is 2.67. The molecule has 0 fully saturated rings. The van der Waals surface area contributed by atoms with Crippen LogP contribution < -0.4 is 16.8 Å². The van der Waals surface area contributed by atoms with Gasteiger partial charge < -0.3 is 26.3 Å². The van der Waals surface area contributed by atoms with Crippen molar-refractivity contribution >= 4 is 18.0 Å². The molecule has 1 amide bonds. The van der Waals surface area contributed by atoms with E-state index in [-0.39, 0.29) is 25.7 Å². The van der Waals surface area contributed by atoms with Crippen LogP contribution in [-0.4, -0.2) is 63.0 Å². The summed E-state index contributed by atoms with van der Waals surface area (Å²) in [6.07, 6.45) is 1.58. The van der Waals surface area contributed by atoms with E-state index in [9.17, 15) is 14.4 Å². The van der Waals surface area contributed by atoms with E-state index in [1.54, 1.807) is 0 Å². The predicted octanol–water partition coefficient (Wildman–Crippen LogP) is -1.73. The molecule has 8 nitrogen and oxygen atoms in total. The second-order valence-corrected chi connectivity index (χ2v) is 4.42. The predicted molar refractivity (Wildman–Crippen MR) is 76.2 cm³/mol. The first-order valence-corrected chi connectivity index (χ1v) is 6.83. The molecule has 121 valence electrons. The molecule has 0 aliphatic rings. The van der Waals surface area contributed by atoms with Gasteiger partial charge in [-0.05, 0) is 26.3 Å². The lowest BCUT2D eigenvalue weighted by molar-refractivity contribution is -0.125. The highest BCUT2D eigenvalue weighted by Crippen LogP contribution is 1.93. The monoisotopic (exact) mass is 302 g/mol. The van der Waals surface area contributed by atoms with Gasteiger partial charge in [-0.3, -0.25) is 14.4 Å². The molecule has 2 atom stereocenters. The van der Waals surface area contributed by atoms with Gasteiger partial charge in [0.15, 0.2) is 11.9 Å². The molecular formula is C13H24N3O5. The van der Waals surface area contributed by atoms with Crippen LogP contribution in [0.5, 0.6) is 0 Å². The number of ether oxygens (including phenoxy) is 2. The van der Waals surface area contributed by atoms with Crippen LogP contribution in [0.3, 0.4) is 0 Å². The maximum atomic E-state index is 11.5. The third-order valence-electron chi connectivity index (χ3n) is 2.59. The van der Waals surface area contributed by atoms with Crippen molar-refractivity contribution in [3.63, 3.8) is 0 Å². The summed E-state index contributed by atoms with van der Waals surface area (Å²) >= 11 is 0. The van der Waals surface area contributed by atoms with Crippen LogP contribution in [0.4, 0.5) is 0 Å². The highest BCUT2D eigenvalue weighted by molar-refractivity contribution is 5.94. The van der Waals surface area contributed by atoms with Gasteiger partial charge in [0.2, 0.25) is 12.2 Å². The summed E-state index contributed by atoms with van der Waals surface area (Å²) in [5.41, 5.74) is 11.0. The maximum absolute atomic E-state index is 11.5. The lowest BCUT2D eigenvalue weighted by Crippen LogP contribution is -2.42. The topological polar surface area (TPSA) is 134 Å². The molecule has 0 aliphatic carbocycles. The molecule has 0 spiro atoms. The zero-order valence-electron chi connectivity index (χ0n) is 12.3. The average Bonchev–Trinajstić information content (AvgIpc) is 2.46. The number of amides is 1. The van der Waals surface area contributed by atoms with Gasteiger partial charge in [0.1, 0.15) is 0 Å². The molecule has 1 unspecified atom stereocenters. The number of carbonyl (C=O) groups excluding carboxylic acids is 3. The van der Waals surface area contributed by atoms with Crippen LogP contribution in [-0.2, 0) is 23.9 Å². The van der Waals surface area contributed by atoms with Crippen molar-refractivity contribution in [1.29, 1.82) is 0 Å². The first-order valence-electron chi connectivity index (χ1n) is 6.83. The van der Waals surface area contributed by atoms with Crippen molar-refractivity contribution in [2.75, 3.05) is 32.9 Å². The molecule has 0 aromatic rings. The highest BCUT2D eigenvalue weighted by Gasteiger charge is 2.14. The smallest absolute Gasteiger partial charge is 0.237 e. The van der Waals surface area contributed by atoms with E-state index in [0.29, 0.717) is 25.9 Å². The molecule has 0 saturated heterocycles. The quantitative estimate of drug-likeness (QED) is 0.272. The molecule has 0 aromatic carbocycles. The van der Waals surface area contributed by atoms with Crippen LogP contribution in [0.1, 0.15) is 19.8 Å². The SMILES string of the molecule is CC(=O)C([C]=O)OCCOCCNC(=O)[C@@H](N)CCCN. The Morgan fingerprint density at radius 1 is 1.29 bits per heavy atom. The van der Waals surface area contributed by atoms with Crippen molar-refractivity contribution < 1.29 is 23.9 Å². The van der Waals surface area contributed by atoms with E-state index in [1.807, 2.05) is 0 Å². The molecule has 8 heteroatoms. The standard InChI is InChI=1S/C13H24N3O5/c1-10(18)12(9-17)21-8-7-20-6-5-16-13(19)11(15)3-2-4-14/h11-12H,2-8,14-15H2,1H3,(H,16,19)/t11-,12?/m0/s1. The van der Waals surface area contributed by atoms with Gasteiger partial charge in [-0.1, -0.05) is 0 Å². The minimum atomic E-state index is -1.16. The zero-order valence-corrected chi connectivity index (χ0v) is 12.3. The minimum absolute atomic E-state index is 0.101. The molecule has 0 aromatic heterocycles. The number of rotatable bonds is 13. The van der Waals surface area contributed by atoms with E-state index in [1.165, 1.54) is 13.2 Å². The number of carbonyl (C=O) groups is 2. The van der Waals surface area contributed by atoms with E-state index >= 15 is 0 Å². The van der Waals surface area contributed by atoms with Crippen LogP contribution in [0, 0.1) is 0 Å². The van der Waals surface area contributed by atoms with Crippen LogP contribution in [0.25, 0.3) is 0 Å². The summed E-state index contributed by atoms with van der Waals surface area (Å²) in [6, 6.07) is -0.559. The van der Waals surface area contributed by atoms with Crippen molar-refractivity contribution in [3.8, 4) is 0 Å². The molecule has 0 rings (SSSR count). The molecule has 0 bridgehead atoms. The summed E-state index contributed by atoms with van der Waals surface area (Å²) in [4.78, 5) is 32.7. The Morgan fingerprint density at radius 3 is 2.57 bits per heavy atom. The number of nitrogens with two attached hydrogens (primary N) is 2. The van der Waals surface area contributed by atoms with Gasteiger partial charge in [-0.2, -0.15) is 0 Å². The molecule has 1 radical (unpaired) electrons. The normalized spacial score (nSPS) is 13.5. The number of nitrogens with one attached hydrogen (secondary N) is 1. The van der Waals surface area contributed by atoms with Crippen LogP contribution in [0.15, 0.2) is 0 Å². The number of ketones is 1. The third kappa shape index (κ3) is 10.1. The van der Waals surface area contributed by atoms with E-state index in [4.69, 9.17) is 20.9 Å². The first-order chi connectivity index (χ1) is 10.0. The molecular weight excluding hydrogens is 278 g/mol. The Hall–Kier alpha value is -1.35. The summed E-state index contributed by atoms with van der Waals surface area (Å²) in [5, 5.41) is 2.63. The van der Waals surface area contributed by atoms with E-state index in [2.05, 4.69) is 5.32 Å². The molecule has 5 N–H and O–H groups in total. The Morgan fingerprint density at radius 2 is 2.00 bits per heavy atom. The second-order valence-electron chi connectivity index (χ2n) is 4.42. The van der Waals surface area contributed by atoms with Crippen molar-refractivity contribution in [2.24, 2.45) is 11.5 Å². The van der Waals surface area contributed by atoms with Crippen molar-refractivity contribution in [1.82, 2.24) is 5.32 Å². The number of hydrogen-bond acceptors (Lipinski definition) is 7. The van der Waals surface area contributed by atoms with Gasteiger partial charge >= 0.3 is 0 Å². The van der Waals surface area contributed by atoms with Gasteiger partial charge in [0.25, 0.3) is 0 Å². The fraction of sp³-hybridized carbons (Fsp3) is 0.769. The average molecular weight is 302 g/mol. The minimum Gasteiger partial charge on any atom is -0.377 e. The van der Waals surface area contributed by atoms with Crippen LogP contribution in [0.2, 0.25) is 0 Å². The van der Waals surface area contributed by atoms with Gasteiger partial charge in [-0.25, -0.2) is 0 Å². The first kappa shape index (κ1) is 19.7. The summed E-state index contributed by atoms with van der Waals surface area (Å²) in [5.74, 6) is -0.640. The maximum Gasteiger partial charge on any atom is 0.237 e. The lowest BCUT2D eigenvalue weighted by atomic mass is 10.1. The van der Waals surface area contributed by atoms with Crippen molar-refractivity contribution in [2.45, 2.75) is 31.9 Å². The Kier molecular flexibility index (Phi) is 11.6. The number of hydrogen-bond donors (Lipinski definition) is 3. The van der Waals surface area contributed by atoms with Gasteiger partial charge in [0, 0.05) is 6.54 Å². The Labute approximate surface area is 124 Å². The third-order valence-corrected chi connectivity index (χ3v) is 2.59. The molecule has 0 heterocycles. The van der Waals surface area contributed by atoms with Crippen molar-refractivity contribution in [3.05, 3.63) is 0 Å². The van der Waals surface area contributed by atoms with Gasteiger partial charge in [0.05, 0.1) is 25.9 Å². The fourth-order valence-electron chi connectivity index (χ4n) is 1.41. The molecule has 21 heavy (non-hydrogen) atoms. The van der Waals surface area contributed by atoms with Crippen LogP contribution >= 0.6 is 0 Å². The Bertz CT molecular complexity index is 325.